The molecule has 0 atom stereocenters. The first-order valence-electron chi connectivity index (χ1n) is 9.98. The highest BCUT2D eigenvalue weighted by Gasteiger charge is 2.41. The molecule has 0 radical (unpaired) electrons. The van der Waals surface area contributed by atoms with Gasteiger partial charge in [-0.05, 0) is 42.7 Å². The highest BCUT2D eigenvalue weighted by molar-refractivity contribution is 7.90. The number of sulfone groups is 1. The van der Waals surface area contributed by atoms with Crippen molar-refractivity contribution in [1.82, 2.24) is 5.32 Å². The van der Waals surface area contributed by atoms with E-state index >= 15 is 0 Å². The summed E-state index contributed by atoms with van der Waals surface area (Å²) >= 11 is 6.14. The largest absolute Gasteiger partial charge is 0.381 e. The van der Waals surface area contributed by atoms with Crippen LogP contribution in [0.1, 0.15) is 18.4 Å². The first-order chi connectivity index (χ1) is 15.1. The Morgan fingerprint density at radius 1 is 1.19 bits per heavy atom. The van der Waals surface area contributed by atoms with Crippen LogP contribution in [0.15, 0.2) is 47.4 Å². The zero-order valence-corrected chi connectivity index (χ0v) is 19.0. The summed E-state index contributed by atoms with van der Waals surface area (Å²) in [5.41, 5.74) is -0.108. The minimum absolute atomic E-state index is 0.133. The van der Waals surface area contributed by atoms with Crippen molar-refractivity contribution in [3.8, 4) is 0 Å². The van der Waals surface area contributed by atoms with Crippen LogP contribution in [0.4, 0.5) is 11.4 Å². The molecule has 0 aliphatic carbocycles. The lowest BCUT2D eigenvalue weighted by molar-refractivity contribution is -0.384. The number of nitrogens with one attached hydrogen (secondary N) is 2. The van der Waals surface area contributed by atoms with E-state index in [1.54, 1.807) is 12.1 Å². The van der Waals surface area contributed by atoms with E-state index in [1.165, 1.54) is 12.1 Å². The Bertz CT molecular complexity index is 1120. The lowest BCUT2D eigenvalue weighted by Gasteiger charge is -2.36. The number of carbonyl (C=O) groups excluding carboxylic acids is 1. The number of benzene rings is 2. The number of ether oxygens (including phenoxy) is 1. The molecule has 3 rings (SSSR count). The number of carbonyl (C=O) groups is 1. The molecule has 0 spiro atoms. The number of hydrogen-bond acceptors (Lipinski definition) is 7. The van der Waals surface area contributed by atoms with Gasteiger partial charge in [0.2, 0.25) is 5.91 Å². The van der Waals surface area contributed by atoms with E-state index in [0.717, 1.165) is 17.9 Å². The van der Waals surface area contributed by atoms with Crippen molar-refractivity contribution in [3.05, 3.63) is 63.2 Å². The van der Waals surface area contributed by atoms with Crippen molar-refractivity contribution in [2.75, 3.05) is 37.9 Å². The van der Waals surface area contributed by atoms with Gasteiger partial charge in [0, 0.05) is 43.6 Å². The van der Waals surface area contributed by atoms with E-state index in [1.807, 2.05) is 12.1 Å². The maximum Gasteiger partial charge on any atom is 0.293 e. The molecule has 0 bridgehead atoms. The summed E-state index contributed by atoms with van der Waals surface area (Å²) in [4.78, 5) is 23.7. The zero-order chi connectivity index (χ0) is 23.4. The third-order valence-corrected chi connectivity index (χ3v) is 6.82. The van der Waals surface area contributed by atoms with Crippen LogP contribution in [0.25, 0.3) is 0 Å². The molecular formula is C21H24ClN3O6S. The van der Waals surface area contributed by atoms with Crippen LogP contribution in [0.3, 0.4) is 0 Å². The summed E-state index contributed by atoms with van der Waals surface area (Å²) in [5.74, 6) is -0.160. The Morgan fingerprint density at radius 3 is 2.53 bits per heavy atom. The molecule has 11 heteroatoms. The van der Waals surface area contributed by atoms with Gasteiger partial charge in [-0.1, -0.05) is 23.7 Å². The van der Waals surface area contributed by atoms with Crippen molar-refractivity contribution in [3.63, 3.8) is 0 Å². The van der Waals surface area contributed by atoms with Crippen LogP contribution < -0.4 is 10.6 Å². The quantitative estimate of drug-likeness (QED) is 0.337. The molecule has 1 aliphatic rings. The number of rotatable bonds is 8. The lowest BCUT2D eigenvalue weighted by Crippen LogP contribution is -2.49. The molecule has 32 heavy (non-hydrogen) atoms. The normalized spacial score (nSPS) is 15.7. The van der Waals surface area contributed by atoms with Gasteiger partial charge in [-0.2, -0.15) is 0 Å². The number of nitrogens with zero attached hydrogens (tertiary/aromatic N) is 1. The molecule has 1 amide bonds. The summed E-state index contributed by atoms with van der Waals surface area (Å²) in [7, 11) is -3.57. The van der Waals surface area contributed by atoms with Gasteiger partial charge in [0.1, 0.15) is 5.69 Å². The van der Waals surface area contributed by atoms with E-state index in [4.69, 9.17) is 16.3 Å². The van der Waals surface area contributed by atoms with Gasteiger partial charge in [-0.25, -0.2) is 8.42 Å². The van der Waals surface area contributed by atoms with E-state index in [0.29, 0.717) is 31.1 Å². The summed E-state index contributed by atoms with van der Waals surface area (Å²) in [6.07, 6.45) is 2.02. The summed E-state index contributed by atoms with van der Waals surface area (Å²) in [5, 5.41) is 17.7. The van der Waals surface area contributed by atoms with Gasteiger partial charge in [0.25, 0.3) is 5.69 Å². The van der Waals surface area contributed by atoms with Gasteiger partial charge in [0.05, 0.1) is 15.2 Å². The van der Waals surface area contributed by atoms with Gasteiger partial charge >= 0.3 is 0 Å². The fraction of sp³-hybridized carbons (Fsp3) is 0.381. The molecule has 172 valence electrons. The van der Waals surface area contributed by atoms with Gasteiger partial charge in [0.15, 0.2) is 9.84 Å². The second kappa shape index (κ2) is 9.85. The predicted molar refractivity (Wildman–Crippen MR) is 121 cm³/mol. The van der Waals surface area contributed by atoms with E-state index in [-0.39, 0.29) is 35.3 Å². The first-order valence-corrected chi connectivity index (χ1v) is 12.2. The number of anilines is 1. The molecule has 2 N–H and O–H groups in total. The molecule has 2 aromatic rings. The Labute approximate surface area is 191 Å². The summed E-state index contributed by atoms with van der Waals surface area (Å²) < 4.78 is 28.8. The maximum absolute atomic E-state index is 13.2. The molecule has 1 aliphatic heterocycles. The Morgan fingerprint density at radius 2 is 1.91 bits per heavy atom. The first kappa shape index (κ1) is 24.0. The molecule has 1 saturated heterocycles. The van der Waals surface area contributed by atoms with Crippen molar-refractivity contribution in [1.29, 1.82) is 0 Å². The number of hydrogen-bond donors (Lipinski definition) is 2. The third-order valence-electron chi connectivity index (χ3n) is 5.48. The topological polar surface area (TPSA) is 128 Å². The number of nitro groups is 1. The second-order valence-electron chi connectivity index (χ2n) is 7.60. The smallest absolute Gasteiger partial charge is 0.293 e. The van der Waals surface area contributed by atoms with Gasteiger partial charge < -0.3 is 15.4 Å². The maximum atomic E-state index is 13.2. The zero-order valence-electron chi connectivity index (χ0n) is 17.5. The van der Waals surface area contributed by atoms with Crippen LogP contribution in [0.2, 0.25) is 5.02 Å². The van der Waals surface area contributed by atoms with Crippen molar-refractivity contribution < 1.29 is 22.9 Å². The second-order valence-corrected chi connectivity index (χ2v) is 10.0. The molecule has 0 saturated carbocycles. The van der Waals surface area contributed by atoms with E-state index < -0.39 is 20.2 Å². The highest BCUT2D eigenvalue weighted by Crippen LogP contribution is 2.36. The predicted octanol–water partition coefficient (Wildman–Crippen LogP) is 2.93. The minimum Gasteiger partial charge on any atom is -0.381 e. The lowest BCUT2D eigenvalue weighted by atomic mass is 9.73. The SMILES string of the molecule is CS(=O)(=O)c1ccc(NCCNC(=O)C2(c3cccc(Cl)c3)CCOCC2)c([N+](=O)[O-])c1. The molecule has 1 heterocycles. The molecule has 2 aromatic carbocycles. The van der Waals surface area contributed by atoms with Gasteiger partial charge in [-0.3, -0.25) is 14.9 Å². The standard InChI is InChI=1S/C21H24ClN3O6S/c1-32(29,30)17-5-6-18(19(14-17)25(27)28)23-9-10-24-20(26)21(7-11-31-12-8-21)15-3-2-4-16(22)13-15/h2-6,13-14,23H,7-12H2,1H3,(H,24,26). The number of nitro benzene ring substituents is 1. The Kier molecular flexibility index (Phi) is 7.37. The van der Waals surface area contributed by atoms with Crippen molar-refractivity contribution in [2.24, 2.45) is 0 Å². The highest BCUT2D eigenvalue weighted by atomic mass is 35.5. The molecule has 1 fully saturated rings. The van der Waals surface area contributed by atoms with Crippen LogP contribution >= 0.6 is 11.6 Å². The molecule has 0 aromatic heterocycles. The average Bonchev–Trinajstić information content (AvgIpc) is 2.76. The minimum atomic E-state index is -3.57. The Balaban J connectivity index is 1.68. The fourth-order valence-corrected chi connectivity index (χ4v) is 4.57. The summed E-state index contributed by atoms with van der Waals surface area (Å²) in [6.45, 7) is 1.34. The molecule has 0 unspecified atom stereocenters. The number of halogens is 1. The van der Waals surface area contributed by atoms with Crippen molar-refractivity contribution >= 4 is 38.7 Å². The van der Waals surface area contributed by atoms with Crippen molar-refractivity contribution in [2.45, 2.75) is 23.2 Å². The van der Waals surface area contributed by atoms with Crippen LogP contribution in [0.5, 0.6) is 0 Å². The monoisotopic (exact) mass is 481 g/mol. The van der Waals surface area contributed by atoms with Gasteiger partial charge in [-0.15, -0.1) is 0 Å². The van der Waals surface area contributed by atoms with Crippen LogP contribution in [0, 0.1) is 10.1 Å². The van der Waals surface area contributed by atoms with E-state index in [2.05, 4.69) is 10.6 Å². The number of amides is 1. The van der Waals surface area contributed by atoms with Crippen LogP contribution in [-0.4, -0.2) is 51.8 Å². The molecule has 9 nitrogen and oxygen atoms in total. The van der Waals surface area contributed by atoms with Crippen LogP contribution in [-0.2, 0) is 24.8 Å². The fourth-order valence-electron chi connectivity index (χ4n) is 3.74. The Hall–Kier alpha value is -2.69. The molecular weight excluding hydrogens is 458 g/mol. The van der Waals surface area contributed by atoms with E-state index in [9.17, 15) is 23.3 Å². The average molecular weight is 482 g/mol. The third kappa shape index (κ3) is 5.37. The summed E-state index contributed by atoms with van der Waals surface area (Å²) in [6, 6.07) is 10.9.